The van der Waals surface area contributed by atoms with Crippen molar-refractivity contribution in [2.24, 2.45) is 0 Å². The zero-order valence-electron chi connectivity index (χ0n) is 21.7. The van der Waals surface area contributed by atoms with E-state index < -0.39 is 5.97 Å². The molecular weight excluding hydrogens is 488 g/mol. The van der Waals surface area contributed by atoms with Crippen molar-refractivity contribution in [3.63, 3.8) is 0 Å². The van der Waals surface area contributed by atoms with Gasteiger partial charge in [-0.15, -0.1) is 0 Å². The lowest BCUT2D eigenvalue weighted by molar-refractivity contribution is 0.0689. The van der Waals surface area contributed by atoms with Gasteiger partial charge in [0.05, 0.1) is 22.7 Å². The SMILES string of the molecule is CCCCN(CCCC)C(=O)c1nn(C2c3ccccc3CN(C)C2c2ccccc2C(=O)O)cc1Cl. The quantitative estimate of drug-likeness (QED) is 0.350. The lowest BCUT2D eigenvalue weighted by Crippen LogP contribution is -2.38. The van der Waals surface area contributed by atoms with E-state index in [1.807, 2.05) is 36.2 Å². The number of hydrogen-bond donors (Lipinski definition) is 1. The van der Waals surface area contributed by atoms with E-state index in [1.165, 1.54) is 0 Å². The largest absolute Gasteiger partial charge is 0.478 e. The van der Waals surface area contributed by atoms with E-state index in [9.17, 15) is 14.7 Å². The highest BCUT2D eigenvalue weighted by Gasteiger charge is 2.38. The Morgan fingerprint density at radius 3 is 2.27 bits per heavy atom. The number of carboxylic acid groups (broad SMARTS) is 1. The predicted octanol–water partition coefficient (Wildman–Crippen LogP) is 6.05. The Hall–Kier alpha value is -3.16. The van der Waals surface area contributed by atoms with Crippen molar-refractivity contribution < 1.29 is 14.7 Å². The molecule has 2 aromatic carbocycles. The highest BCUT2D eigenvalue weighted by atomic mass is 35.5. The van der Waals surface area contributed by atoms with Gasteiger partial charge in [-0.25, -0.2) is 4.79 Å². The number of hydrogen-bond acceptors (Lipinski definition) is 4. The summed E-state index contributed by atoms with van der Waals surface area (Å²) in [7, 11) is 1.99. The van der Waals surface area contributed by atoms with Crippen molar-refractivity contribution >= 4 is 23.5 Å². The summed E-state index contributed by atoms with van der Waals surface area (Å²) in [4.78, 5) is 29.7. The molecule has 1 aliphatic rings. The molecule has 37 heavy (non-hydrogen) atoms. The Labute approximate surface area is 223 Å². The molecule has 8 heteroatoms. The van der Waals surface area contributed by atoms with Crippen LogP contribution in [0.4, 0.5) is 0 Å². The van der Waals surface area contributed by atoms with Crippen LogP contribution in [0.5, 0.6) is 0 Å². The van der Waals surface area contributed by atoms with Gasteiger partial charge in [-0.2, -0.15) is 5.10 Å². The molecule has 2 atom stereocenters. The van der Waals surface area contributed by atoms with Crippen LogP contribution >= 0.6 is 11.6 Å². The second-order valence-electron chi connectivity index (χ2n) is 9.70. The number of likely N-dealkylation sites (N-methyl/N-ethyl adjacent to an activating group) is 1. The van der Waals surface area contributed by atoms with Gasteiger partial charge in [-0.05, 0) is 42.6 Å². The van der Waals surface area contributed by atoms with E-state index in [1.54, 1.807) is 23.0 Å². The second kappa shape index (κ2) is 11.9. The number of rotatable bonds is 10. The number of carbonyl (C=O) groups excluding carboxylic acids is 1. The molecule has 0 saturated carbocycles. The summed E-state index contributed by atoms with van der Waals surface area (Å²) in [6.45, 7) is 6.21. The molecule has 2 heterocycles. The van der Waals surface area contributed by atoms with Crippen LogP contribution in [-0.2, 0) is 6.54 Å². The van der Waals surface area contributed by atoms with E-state index in [-0.39, 0.29) is 29.2 Å². The van der Waals surface area contributed by atoms with Crippen LogP contribution in [0.25, 0.3) is 0 Å². The number of amides is 1. The summed E-state index contributed by atoms with van der Waals surface area (Å²) in [5.74, 6) is -1.14. The van der Waals surface area contributed by atoms with E-state index in [2.05, 4.69) is 30.9 Å². The zero-order valence-corrected chi connectivity index (χ0v) is 22.5. The van der Waals surface area contributed by atoms with Crippen LogP contribution in [0.15, 0.2) is 54.7 Å². The molecule has 0 aliphatic carbocycles. The molecule has 0 bridgehead atoms. The Balaban J connectivity index is 1.81. The summed E-state index contributed by atoms with van der Waals surface area (Å²) >= 11 is 6.67. The molecule has 1 amide bonds. The molecule has 4 rings (SSSR count). The van der Waals surface area contributed by atoms with Crippen LogP contribution in [0.1, 0.15) is 89.2 Å². The smallest absolute Gasteiger partial charge is 0.336 e. The number of unbranched alkanes of at least 4 members (excludes halogenated alkanes) is 2. The van der Waals surface area contributed by atoms with Crippen molar-refractivity contribution in [3.8, 4) is 0 Å². The van der Waals surface area contributed by atoms with Gasteiger partial charge in [0.2, 0.25) is 0 Å². The van der Waals surface area contributed by atoms with Crippen molar-refractivity contribution in [1.82, 2.24) is 19.6 Å². The molecule has 1 aromatic heterocycles. The summed E-state index contributed by atoms with van der Waals surface area (Å²) < 4.78 is 1.76. The van der Waals surface area contributed by atoms with Gasteiger partial charge in [0.25, 0.3) is 5.91 Å². The monoisotopic (exact) mass is 522 g/mol. The molecule has 0 saturated heterocycles. The number of carbonyl (C=O) groups is 2. The number of aromatic nitrogens is 2. The standard InChI is InChI=1S/C29H35ClN4O3/c1-4-6-16-33(17-7-5-2)28(35)25-24(30)19-34(31-25)27-21-13-9-8-12-20(21)18-32(3)26(27)22-14-10-11-15-23(22)29(36)37/h8-15,19,26-27H,4-7,16-18H2,1-3H3,(H,36,37). The first-order chi connectivity index (χ1) is 17.9. The summed E-state index contributed by atoms with van der Waals surface area (Å²) in [6, 6.07) is 14.5. The minimum absolute atomic E-state index is 0.161. The van der Waals surface area contributed by atoms with E-state index >= 15 is 0 Å². The third-order valence-electron chi connectivity index (χ3n) is 7.10. The molecule has 7 nitrogen and oxygen atoms in total. The Morgan fingerprint density at radius 2 is 1.62 bits per heavy atom. The third-order valence-corrected chi connectivity index (χ3v) is 7.38. The molecule has 2 unspecified atom stereocenters. The van der Waals surface area contributed by atoms with Gasteiger partial charge in [-0.1, -0.05) is 80.8 Å². The number of aromatic carboxylic acids is 1. The van der Waals surface area contributed by atoms with Crippen LogP contribution in [0, 0.1) is 0 Å². The Kier molecular flexibility index (Phi) is 8.67. The zero-order chi connectivity index (χ0) is 26.5. The predicted molar refractivity (Wildman–Crippen MR) is 145 cm³/mol. The molecule has 1 N–H and O–H groups in total. The first-order valence-electron chi connectivity index (χ1n) is 13.0. The number of halogens is 1. The normalized spacial score (nSPS) is 17.4. The number of benzene rings is 2. The molecule has 196 valence electrons. The first-order valence-corrected chi connectivity index (χ1v) is 13.4. The number of carboxylic acids is 1. The van der Waals surface area contributed by atoms with Crippen LogP contribution in [0.2, 0.25) is 5.02 Å². The van der Waals surface area contributed by atoms with E-state index in [0.717, 1.165) is 36.8 Å². The second-order valence-corrected chi connectivity index (χ2v) is 10.1. The summed E-state index contributed by atoms with van der Waals surface area (Å²) in [6.07, 6.45) is 5.54. The third kappa shape index (κ3) is 5.58. The highest BCUT2D eigenvalue weighted by Crippen LogP contribution is 2.44. The van der Waals surface area contributed by atoms with Gasteiger partial charge in [0, 0.05) is 25.8 Å². The summed E-state index contributed by atoms with van der Waals surface area (Å²) in [5.41, 5.74) is 3.36. The fraction of sp³-hybridized carbons (Fsp3) is 0.414. The first kappa shape index (κ1) is 26.9. The van der Waals surface area contributed by atoms with Crippen molar-refractivity contribution in [3.05, 3.63) is 87.7 Å². The average molecular weight is 523 g/mol. The maximum absolute atomic E-state index is 13.6. The Morgan fingerprint density at radius 1 is 1.00 bits per heavy atom. The number of nitrogens with zero attached hydrogens (tertiary/aromatic N) is 4. The van der Waals surface area contributed by atoms with Gasteiger partial charge in [0.1, 0.15) is 0 Å². The lowest BCUT2D eigenvalue weighted by Gasteiger charge is -2.41. The fourth-order valence-corrected chi connectivity index (χ4v) is 5.43. The van der Waals surface area contributed by atoms with E-state index in [4.69, 9.17) is 16.7 Å². The van der Waals surface area contributed by atoms with Gasteiger partial charge >= 0.3 is 5.97 Å². The molecule has 0 radical (unpaired) electrons. The van der Waals surface area contributed by atoms with Gasteiger partial charge in [0.15, 0.2) is 5.69 Å². The maximum atomic E-state index is 13.6. The lowest BCUT2D eigenvalue weighted by atomic mass is 9.84. The van der Waals surface area contributed by atoms with Crippen LogP contribution in [0.3, 0.4) is 0 Å². The van der Waals surface area contributed by atoms with Gasteiger partial charge < -0.3 is 10.0 Å². The van der Waals surface area contributed by atoms with Crippen LogP contribution < -0.4 is 0 Å². The summed E-state index contributed by atoms with van der Waals surface area (Å²) in [5, 5.41) is 15.0. The Bertz CT molecular complexity index is 1250. The average Bonchev–Trinajstić information content (AvgIpc) is 3.28. The van der Waals surface area contributed by atoms with E-state index in [0.29, 0.717) is 30.2 Å². The van der Waals surface area contributed by atoms with Gasteiger partial charge in [-0.3, -0.25) is 14.4 Å². The molecular formula is C29H35ClN4O3. The van der Waals surface area contributed by atoms with Crippen molar-refractivity contribution in [2.75, 3.05) is 20.1 Å². The molecule has 3 aromatic rings. The molecule has 0 spiro atoms. The fourth-order valence-electron chi connectivity index (χ4n) is 5.21. The molecule has 1 aliphatic heterocycles. The van der Waals surface area contributed by atoms with Crippen molar-refractivity contribution in [1.29, 1.82) is 0 Å². The topological polar surface area (TPSA) is 78.7 Å². The highest BCUT2D eigenvalue weighted by molar-refractivity contribution is 6.33. The minimum atomic E-state index is -0.974. The van der Waals surface area contributed by atoms with Crippen LogP contribution in [-0.4, -0.2) is 56.7 Å². The van der Waals surface area contributed by atoms with Crippen molar-refractivity contribution in [2.45, 2.75) is 58.2 Å². The number of fused-ring (bicyclic) bond motifs is 1. The maximum Gasteiger partial charge on any atom is 0.336 e. The molecule has 0 fully saturated rings. The minimum Gasteiger partial charge on any atom is -0.478 e.